The summed E-state index contributed by atoms with van der Waals surface area (Å²) in [5.74, 6) is 0. The highest BCUT2D eigenvalue weighted by Gasteiger charge is 2.47. The summed E-state index contributed by atoms with van der Waals surface area (Å²) in [5.41, 5.74) is 6.13. The average molecular weight is 571 g/mol. The summed E-state index contributed by atoms with van der Waals surface area (Å²) >= 11 is 15.4. The summed E-state index contributed by atoms with van der Waals surface area (Å²) in [6.07, 6.45) is 7.99. The van der Waals surface area contributed by atoms with E-state index in [0.29, 0.717) is 23.1 Å². The lowest BCUT2D eigenvalue weighted by atomic mass is 9.74. The number of fused-ring (bicyclic) bond motifs is 4. The zero-order chi connectivity index (χ0) is 25.4. The predicted molar refractivity (Wildman–Crippen MR) is 154 cm³/mol. The molecular formula is C27H25Cl2N5OS2. The number of carbonyl (C=O) groups is 1. The molecule has 190 valence electrons. The standard InChI is InChI=1S/C27H25Cl2N5OS2/c28-19-4-3-18(14-20(19)29)2-1-10-33-11-7-27(8-12-33)16-34(26(35)31-15-23-30-9-13-36-23)21-5-6-22-25(24(21)27)32-17-37-22/h1-6,9,13-14,17H,7-8,10-12,15-16H2,(H,31,35). The lowest BCUT2D eigenvalue weighted by Crippen LogP contribution is -2.47. The number of nitrogens with one attached hydrogen (secondary N) is 1. The molecule has 2 aromatic carbocycles. The van der Waals surface area contributed by atoms with Gasteiger partial charge < -0.3 is 5.32 Å². The maximum absolute atomic E-state index is 13.3. The van der Waals surface area contributed by atoms with Crippen LogP contribution >= 0.6 is 45.9 Å². The molecular weight excluding hydrogens is 545 g/mol. The van der Waals surface area contributed by atoms with Crippen molar-refractivity contribution in [2.24, 2.45) is 0 Å². The van der Waals surface area contributed by atoms with E-state index >= 15 is 0 Å². The molecule has 2 amide bonds. The number of urea groups is 1. The van der Waals surface area contributed by atoms with Crippen LogP contribution in [-0.2, 0) is 12.0 Å². The highest BCUT2D eigenvalue weighted by Crippen LogP contribution is 2.50. The van der Waals surface area contributed by atoms with Gasteiger partial charge in [-0.3, -0.25) is 9.80 Å². The summed E-state index contributed by atoms with van der Waals surface area (Å²) in [7, 11) is 0. The maximum Gasteiger partial charge on any atom is 0.322 e. The van der Waals surface area contributed by atoms with Crippen molar-refractivity contribution in [3.8, 4) is 0 Å². The van der Waals surface area contributed by atoms with Crippen LogP contribution < -0.4 is 10.2 Å². The van der Waals surface area contributed by atoms with Crippen molar-refractivity contribution >= 4 is 73.9 Å². The van der Waals surface area contributed by atoms with Crippen molar-refractivity contribution in [1.82, 2.24) is 20.2 Å². The average Bonchev–Trinajstić information content (AvgIpc) is 3.65. The number of thiazole rings is 2. The number of benzene rings is 2. The van der Waals surface area contributed by atoms with Gasteiger partial charge in [-0.1, -0.05) is 41.4 Å². The first-order chi connectivity index (χ1) is 18.0. The Morgan fingerprint density at radius 3 is 2.76 bits per heavy atom. The van der Waals surface area contributed by atoms with Gasteiger partial charge in [0.25, 0.3) is 0 Å². The third-order valence-corrected chi connectivity index (χ3v) is 9.63. The Labute approximate surface area is 233 Å². The Balaban J connectivity index is 1.18. The van der Waals surface area contributed by atoms with Crippen molar-refractivity contribution in [2.75, 3.05) is 31.1 Å². The molecule has 6 rings (SSSR count). The number of nitrogens with zero attached hydrogens (tertiary/aromatic N) is 4. The molecule has 0 atom stereocenters. The van der Waals surface area contributed by atoms with Gasteiger partial charge in [0.05, 0.1) is 38.0 Å². The predicted octanol–water partition coefficient (Wildman–Crippen LogP) is 6.84. The number of hydrogen-bond acceptors (Lipinski definition) is 6. The second-order valence-electron chi connectivity index (χ2n) is 9.49. The molecule has 2 aliphatic heterocycles. The third-order valence-electron chi connectivity index (χ3n) is 7.31. The number of piperidine rings is 1. The zero-order valence-corrected chi connectivity index (χ0v) is 23.1. The van der Waals surface area contributed by atoms with E-state index in [-0.39, 0.29) is 11.4 Å². The molecule has 0 unspecified atom stereocenters. The van der Waals surface area contributed by atoms with Crippen LogP contribution in [0.25, 0.3) is 16.3 Å². The Kier molecular flexibility index (Phi) is 6.94. The zero-order valence-electron chi connectivity index (χ0n) is 20.0. The molecule has 2 aliphatic rings. The lowest BCUT2D eigenvalue weighted by Gasteiger charge is -2.39. The number of rotatable bonds is 5. The SMILES string of the molecule is O=C(NCc1nccs1)N1CC2(CCN(CC=Cc3ccc(Cl)c(Cl)c3)CC2)c2c1ccc1scnc21. The van der Waals surface area contributed by atoms with E-state index in [2.05, 4.69) is 39.5 Å². The van der Waals surface area contributed by atoms with Crippen molar-refractivity contribution in [2.45, 2.75) is 24.8 Å². The Bertz CT molecular complexity index is 1460. The Morgan fingerprint density at radius 1 is 1.11 bits per heavy atom. The van der Waals surface area contributed by atoms with E-state index in [9.17, 15) is 4.79 Å². The van der Waals surface area contributed by atoms with E-state index in [1.807, 2.05) is 34.0 Å². The second kappa shape index (κ2) is 10.3. The summed E-state index contributed by atoms with van der Waals surface area (Å²) in [5, 5.41) is 7.03. The van der Waals surface area contributed by atoms with Gasteiger partial charge in [-0.15, -0.1) is 22.7 Å². The van der Waals surface area contributed by atoms with Gasteiger partial charge in [-0.05, 0) is 55.8 Å². The smallest absolute Gasteiger partial charge is 0.322 e. The first-order valence-corrected chi connectivity index (χ1v) is 14.7. The molecule has 1 spiro atoms. The molecule has 37 heavy (non-hydrogen) atoms. The van der Waals surface area contributed by atoms with E-state index in [0.717, 1.165) is 54.3 Å². The van der Waals surface area contributed by atoms with Crippen LogP contribution in [0, 0.1) is 0 Å². The quantitative estimate of drug-likeness (QED) is 0.286. The molecule has 0 aliphatic carbocycles. The van der Waals surface area contributed by atoms with Gasteiger partial charge in [-0.25, -0.2) is 14.8 Å². The fourth-order valence-corrected chi connectivity index (χ4v) is 6.98. The molecule has 1 saturated heterocycles. The van der Waals surface area contributed by atoms with Crippen LogP contribution in [0.5, 0.6) is 0 Å². The van der Waals surface area contributed by atoms with Gasteiger partial charge in [0, 0.05) is 35.6 Å². The number of carbonyl (C=O) groups excluding carboxylic acids is 1. The molecule has 4 aromatic rings. The van der Waals surface area contributed by atoms with Gasteiger partial charge in [0.1, 0.15) is 5.01 Å². The number of amides is 2. The first-order valence-electron chi connectivity index (χ1n) is 12.2. The number of anilines is 1. The number of likely N-dealkylation sites (tertiary alicyclic amines) is 1. The van der Waals surface area contributed by atoms with E-state index in [4.69, 9.17) is 28.2 Å². The summed E-state index contributed by atoms with van der Waals surface area (Å²) in [4.78, 5) is 26.7. The molecule has 10 heteroatoms. The van der Waals surface area contributed by atoms with E-state index in [1.54, 1.807) is 28.9 Å². The molecule has 6 nitrogen and oxygen atoms in total. The van der Waals surface area contributed by atoms with E-state index in [1.165, 1.54) is 10.3 Å². The normalized spacial score (nSPS) is 17.2. The van der Waals surface area contributed by atoms with Crippen molar-refractivity contribution in [3.05, 3.63) is 79.7 Å². The molecule has 2 aromatic heterocycles. The maximum atomic E-state index is 13.3. The molecule has 4 heterocycles. The minimum absolute atomic E-state index is 0.0742. The van der Waals surface area contributed by atoms with Crippen LogP contribution in [0.1, 0.15) is 29.0 Å². The molecule has 0 radical (unpaired) electrons. The summed E-state index contributed by atoms with van der Waals surface area (Å²) in [6.45, 7) is 3.89. The molecule has 0 saturated carbocycles. The van der Waals surface area contributed by atoms with Gasteiger partial charge in [0.15, 0.2) is 0 Å². The third kappa shape index (κ3) is 4.89. The monoisotopic (exact) mass is 569 g/mol. The van der Waals surface area contributed by atoms with Crippen LogP contribution in [-0.4, -0.2) is 47.1 Å². The van der Waals surface area contributed by atoms with Crippen molar-refractivity contribution in [1.29, 1.82) is 0 Å². The first kappa shape index (κ1) is 24.8. The minimum atomic E-state index is -0.0919. The van der Waals surface area contributed by atoms with Crippen molar-refractivity contribution in [3.63, 3.8) is 0 Å². The van der Waals surface area contributed by atoms with Gasteiger partial charge in [0.2, 0.25) is 0 Å². The van der Waals surface area contributed by atoms with Crippen molar-refractivity contribution < 1.29 is 4.79 Å². The highest BCUT2D eigenvalue weighted by molar-refractivity contribution is 7.16. The summed E-state index contributed by atoms with van der Waals surface area (Å²) in [6, 6.07) is 9.79. The second-order valence-corrected chi connectivity index (χ2v) is 12.2. The Hall–Kier alpha value is -2.49. The van der Waals surface area contributed by atoms with Gasteiger partial charge >= 0.3 is 6.03 Å². The molecule has 1 N–H and O–H groups in total. The van der Waals surface area contributed by atoms with Gasteiger partial charge in [-0.2, -0.15) is 0 Å². The summed E-state index contributed by atoms with van der Waals surface area (Å²) < 4.78 is 1.18. The van der Waals surface area contributed by atoms with Crippen LogP contribution in [0.2, 0.25) is 10.0 Å². The lowest BCUT2D eigenvalue weighted by molar-refractivity contribution is 0.180. The Morgan fingerprint density at radius 2 is 1.97 bits per heavy atom. The topological polar surface area (TPSA) is 61.4 Å². The van der Waals surface area contributed by atoms with Crippen LogP contribution in [0.3, 0.4) is 0 Å². The molecule has 0 bridgehead atoms. The minimum Gasteiger partial charge on any atom is -0.331 e. The highest BCUT2D eigenvalue weighted by atomic mass is 35.5. The van der Waals surface area contributed by atoms with E-state index < -0.39 is 0 Å². The fourth-order valence-electron chi connectivity index (χ4n) is 5.43. The van der Waals surface area contributed by atoms with Crippen LogP contribution in [0.4, 0.5) is 10.5 Å². The number of halogens is 2. The van der Waals surface area contributed by atoms with Crippen LogP contribution in [0.15, 0.2) is 53.5 Å². The molecule has 1 fully saturated rings. The number of hydrogen-bond donors (Lipinski definition) is 1. The number of aromatic nitrogens is 2. The fraction of sp³-hybridized carbons (Fsp3) is 0.296. The largest absolute Gasteiger partial charge is 0.331 e.